The van der Waals surface area contributed by atoms with Crippen molar-refractivity contribution in [3.05, 3.63) is 33.4 Å². The Hall–Kier alpha value is -2.08. The van der Waals surface area contributed by atoms with Crippen molar-refractivity contribution in [3.8, 4) is 0 Å². The van der Waals surface area contributed by atoms with Gasteiger partial charge in [0.15, 0.2) is 0 Å². The number of sulfonamides is 1. The van der Waals surface area contributed by atoms with Gasteiger partial charge in [0.2, 0.25) is 10.0 Å². The highest BCUT2D eigenvalue weighted by atomic mass is 32.2. The van der Waals surface area contributed by atoms with Gasteiger partial charge in [-0.05, 0) is 19.4 Å². The molecule has 2 aliphatic rings. The molecule has 1 amide bonds. The van der Waals surface area contributed by atoms with Crippen LogP contribution in [0.1, 0.15) is 22.3 Å². The molecule has 2 saturated heterocycles. The predicted octanol–water partition coefficient (Wildman–Crippen LogP) is -0.330. The monoisotopic (exact) mass is 397 g/mol. The van der Waals surface area contributed by atoms with Crippen LogP contribution in [0.3, 0.4) is 0 Å². The third kappa shape index (κ3) is 4.10. The number of primary sulfonamides is 1. The van der Waals surface area contributed by atoms with Crippen LogP contribution >= 0.6 is 0 Å². The standard InChI is InChI=1S/C16H23N5O5S/c1-11-14(8-13(27(17,25)26)9-15(11)21(23)24)16(22)20-5-2-12(10-20)19-6-3-18-4-7-19/h8-9,12,18H,2-7,10H2,1H3,(H2,17,25,26). The first kappa shape index (κ1) is 19.7. The van der Waals surface area contributed by atoms with E-state index in [1.54, 1.807) is 4.90 Å². The normalized spacial score (nSPS) is 21.4. The van der Waals surface area contributed by atoms with Crippen LogP contribution in [0.5, 0.6) is 0 Å². The van der Waals surface area contributed by atoms with Crippen molar-refractivity contribution in [3.63, 3.8) is 0 Å². The van der Waals surface area contributed by atoms with Crippen molar-refractivity contribution in [2.24, 2.45) is 5.14 Å². The number of hydrogen-bond acceptors (Lipinski definition) is 7. The SMILES string of the molecule is Cc1c(C(=O)N2CCC(N3CCNCC3)C2)cc(S(N)(=O)=O)cc1[N+](=O)[O-]. The zero-order chi connectivity index (χ0) is 19.8. The van der Waals surface area contributed by atoms with Gasteiger partial charge in [0.05, 0.1) is 15.4 Å². The molecule has 0 aliphatic carbocycles. The summed E-state index contributed by atoms with van der Waals surface area (Å²) < 4.78 is 23.4. The number of nitrogens with zero attached hydrogens (tertiary/aromatic N) is 3. The molecule has 3 rings (SSSR count). The number of amides is 1. The molecule has 1 aromatic carbocycles. The number of likely N-dealkylation sites (tertiary alicyclic amines) is 1. The van der Waals surface area contributed by atoms with Crippen molar-refractivity contribution in [1.82, 2.24) is 15.1 Å². The van der Waals surface area contributed by atoms with Gasteiger partial charge in [-0.25, -0.2) is 13.6 Å². The van der Waals surface area contributed by atoms with Crippen molar-refractivity contribution in [2.45, 2.75) is 24.3 Å². The van der Waals surface area contributed by atoms with Gasteiger partial charge < -0.3 is 10.2 Å². The Morgan fingerprint density at radius 1 is 1.30 bits per heavy atom. The molecule has 27 heavy (non-hydrogen) atoms. The average molecular weight is 397 g/mol. The van der Waals surface area contributed by atoms with Crippen molar-refractivity contribution >= 4 is 21.6 Å². The lowest BCUT2D eigenvalue weighted by molar-refractivity contribution is -0.385. The summed E-state index contributed by atoms with van der Waals surface area (Å²) in [5.74, 6) is -0.404. The highest BCUT2D eigenvalue weighted by molar-refractivity contribution is 7.89. The van der Waals surface area contributed by atoms with E-state index < -0.39 is 31.4 Å². The van der Waals surface area contributed by atoms with Gasteiger partial charge in [-0.1, -0.05) is 0 Å². The second-order valence-electron chi connectivity index (χ2n) is 6.90. The Morgan fingerprint density at radius 3 is 2.56 bits per heavy atom. The van der Waals surface area contributed by atoms with Crippen molar-refractivity contribution < 1.29 is 18.1 Å². The molecule has 2 aliphatic heterocycles. The number of benzene rings is 1. The van der Waals surface area contributed by atoms with E-state index >= 15 is 0 Å². The van der Waals surface area contributed by atoms with Crippen molar-refractivity contribution in [1.29, 1.82) is 0 Å². The quantitative estimate of drug-likeness (QED) is 0.524. The summed E-state index contributed by atoms with van der Waals surface area (Å²) in [6.07, 6.45) is 0.821. The summed E-state index contributed by atoms with van der Waals surface area (Å²) >= 11 is 0. The van der Waals surface area contributed by atoms with E-state index in [1.165, 1.54) is 6.92 Å². The molecule has 10 nitrogen and oxygen atoms in total. The molecule has 3 N–H and O–H groups in total. The third-order valence-corrected chi connectivity index (χ3v) is 6.12. The fourth-order valence-electron chi connectivity index (χ4n) is 3.69. The number of carbonyl (C=O) groups excluding carboxylic acids is 1. The molecular weight excluding hydrogens is 374 g/mol. The molecule has 0 spiro atoms. The summed E-state index contributed by atoms with van der Waals surface area (Å²) in [6, 6.07) is 2.28. The highest BCUT2D eigenvalue weighted by Gasteiger charge is 2.33. The van der Waals surface area contributed by atoms with Gasteiger partial charge in [0.25, 0.3) is 11.6 Å². The second-order valence-corrected chi connectivity index (χ2v) is 8.46. The zero-order valence-corrected chi connectivity index (χ0v) is 15.9. The van der Waals surface area contributed by atoms with E-state index in [1.807, 2.05) is 0 Å². The minimum absolute atomic E-state index is 0.00851. The number of nitro groups is 1. The van der Waals surface area contributed by atoms with Gasteiger partial charge >= 0.3 is 0 Å². The van der Waals surface area contributed by atoms with Crippen LogP contribution in [-0.2, 0) is 10.0 Å². The maximum absolute atomic E-state index is 13.0. The molecule has 0 radical (unpaired) electrons. The zero-order valence-electron chi connectivity index (χ0n) is 15.1. The number of nitro benzene ring substituents is 1. The van der Waals surface area contributed by atoms with Crippen LogP contribution in [0, 0.1) is 17.0 Å². The molecule has 2 fully saturated rings. The van der Waals surface area contributed by atoms with Crippen LogP contribution in [0.2, 0.25) is 0 Å². The molecule has 0 aromatic heterocycles. The maximum Gasteiger partial charge on any atom is 0.274 e. The molecular formula is C16H23N5O5S. The van der Waals surface area contributed by atoms with Gasteiger partial charge in [-0.3, -0.25) is 19.8 Å². The summed E-state index contributed by atoms with van der Waals surface area (Å²) in [5.41, 5.74) is -0.278. The van der Waals surface area contributed by atoms with E-state index in [4.69, 9.17) is 5.14 Å². The number of hydrogen-bond donors (Lipinski definition) is 2. The van der Waals surface area contributed by atoms with E-state index in [-0.39, 0.29) is 17.2 Å². The fourth-order valence-corrected chi connectivity index (χ4v) is 4.25. The first-order valence-electron chi connectivity index (χ1n) is 8.74. The molecule has 0 saturated carbocycles. The summed E-state index contributed by atoms with van der Waals surface area (Å²) in [7, 11) is -4.17. The minimum atomic E-state index is -4.17. The van der Waals surface area contributed by atoms with Crippen LogP contribution < -0.4 is 10.5 Å². The van der Waals surface area contributed by atoms with Crippen LogP contribution in [0.25, 0.3) is 0 Å². The van der Waals surface area contributed by atoms with Crippen molar-refractivity contribution in [2.75, 3.05) is 39.3 Å². The van der Waals surface area contributed by atoms with Crippen LogP contribution in [0.4, 0.5) is 5.69 Å². The summed E-state index contributed by atoms with van der Waals surface area (Å²) in [6.45, 7) is 6.14. The summed E-state index contributed by atoms with van der Waals surface area (Å²) in [5, 5.41) is 19.7. The van der Waals surface area contributed by atoms with Gasteiger partial charge in [0, 0.05) is 56.9 Å². The maximum atomic E-state index is 13.0. The first-order chi connectivity index (χ1) is 12.7. The number of nitrogens with two attached hydrogens (primary N) is 1. The third-order valence-electron chi connectivity index (χ3n) is 5.23. The predicted molar refractivity (Wildman–Crippen MR) is 98.0 cm³/mol. The number of rotatable bonds is 4. The minimum Gasteiger partial charge on any atom is -0.337 e. The van der Waals surface area contributed by atoms with Gasteiger partial charge in [-0.15, -0.1) is 0 Å². The lowest BCUT2D eigenvalue weighted by Gasteiger charge is -2.32. The molecule has 0 bridgehead atoms. The Balaban J connectivity index is 1.88. The van der Waals surface area contributed by atoms with Crippen LogP contribution in [0.15, 0.2) is 17.0 Å². The first-order valence-corrected chi connectivity index (χ1v) is 10.3. The largest absolute Gasteiger partial charge is 0.337 e. The number of piperazine rings is 1. The average Bonchev–Trinajstić information content (AvgIpc) is 3.11. The highest BCUT2D eigenvalue weighted by Crippen LogP contribution is 2.28. The number of nitrogens with one attached hydrogen (secondary N) is 1. The molecule has 11 heteroatoms. The van der Waals surface area contributed by atoms with E-state index in [9.17, 15) is 23.3 Å². The smallest absolute Gasteiger partial charge is 0.274 e. The Morgan fingerprint density at radius 2 is 1.96 bits per heavy atom. The van der Waals surface area contributed by atoms with Gasteiger partial charge in [-0.2, -0.15) is 0 Å². The molecule has 1 unspecified atom stereocenters. The number of carbonyl (C=O) groups is 1. The lowest BCUT2D eigenvalue weighted by atomic mass is 10.1. The van der Waals surface area contributed by atoms with E-state index in [2.05, 4.69) is 10.2 Å². The summed E-state index contributed by atoms with van der Waals surface area (Å²) in [4.78, 5) is 27.1. The van der Waals surface area contributed by atoms with E-state index in [0.29, 0.717) is 13.1 Å². The molecule has 1 atom stereocenters. The Kier molecular flexibility index (Phi) is 5.47. The second kappa shape index (κ2) is 7.50. The van der Waals surface area contributed by atoms with Crippen LogP contribution in [-0.4, -0.2) is 74.4 Å². The molecule has 2 heterocycles. The fraction of sp³-hybridized carbons (Fsp3) is 0.562. The lowest BCUT2D eigenvalue weighted by Crippen LogP contribution is -2.49. The Bertz CT molecular complexity index is 866. The molecule has 148 valence electrons. The van der Waals surface area contributed by atoms with E-state index in [0.717, 1.165) is 44.7 Å². The van der Waals surface area contributed by atoms with Gasteiger partial charge in [0.1, 0.15) is 0 Å². The topological polar surface area (TPSA) is 139 Å². The molecule has 1 aromatic rings. The Labute approximate surface area is 157 Å².